The van der Waals surface area contributed by atoms with Gasteiger partial charge in [-0.1, -0.05) is 35.5 Å². The molecule has 2 aliphatic rings. The average Bonchev–Trinajstić information content (AvgIpc) is 3.24. The van der Waals surface area contributed by atoms with Crippen molar-refractivity contribution in [3.8, 4) is 0 Å². The Morgan fingerprint density at radius 3 is 2.37 bits per heavy atom. The van der Waals surface area contributed by atoms with Crippen LogP contribution in [0.4, 0.5) is 0 Å². The number of nitrogens with zero attached hydrogens (tertiary/aromatic N) is 4. The van der Waals surface area contributed by atoms with Crippen LogP contribution in [-0.2, 0) is 6.54 Å². The molecule has 1 amide bonds. The summed E-state index contributed by atoms with van der Waals surface area (Å²) in [6, 6.07) is 14.4. The summed E-state index contributed by atoms with van der Waals surface area (Å²) in [4.78, 5) is 21.6. The molecule has 1 aromatic carbocycles. The van der Waals surface area contributed by atoms with Crippen LogP contribution >= 0.6 is 0 Å². The molecular weight excluding hydrogens is 376 g/mol. The Kier molecular flexibility index (Phi) is 5.49. The Hall–Kier alpha value is -2.73. The molecule has 0 spiro atoms. The lowest BCUT2D eigenvalue weighted by molar-refractivity contribution is 0.0565. The molecule has 6 nitrogen and oxygen atoms in total. The van der Waals surface area contributed by atoms with E-state index in [1.165, 1.54) is 31.5 Å². The summed E-state index contributed by atoms with van der Waals surface area (Å²) in [7, 11) is 0. The van der Waals surface area contributed by atoms with Gasteiger partial charge in [0.1, 0.15) is 0 Å². The molecule has 0 aliphatic carbocycles. The van der Waals surface area contributed by atoms with E-state index in [1.54, 1.807) is 6.20 Å². The van der Waals surface area contributed by atoms with E-state index in [4.69, 9.17) is 4.52 Å². The number of hydrogen-bond acceptors (Lipinski definition) is 5. The normalized spacial score (nSPS) is 19.4. The summed E-state index contributed by atoms with van der Waals surface area (Å²) in [6.07, 6.45) is 6.36. The van der Waals surface area contributed by atoms with Crippen LogP contribution in [0, 0.1) is 11.8 Å². The highest BCUT2D eigenvalue weighted by atomic mass is 16.5. The Balaban J connectivity index is 1.13. The quantitative estimate of drug-likeness (QED) is 0.658. The summed E-state index contributed by atoms with van der Waals surface area (Å²) in [5.74, 6) is 1.78. The number of carbonyl (C=O) groups is 1. The predicted octanol–water partition coefficient (Wildman–Crippen LogP) is 3.99. The molecule has 0 radical (unpaired) electrons. The summed E-state index contributed by atoms with van der Waals surface area (Å²) in [6.45, 7) is 5.01. The van der Waals surface area contributed by atoms with Crippen molar-refractivity contribution >= 4 is 16.9 Å². The molecule has 156 valence electrons. The van der Waals surface area contributed by atoms with Gasteiger partial charge < -0.3 is 9.42 Å². The molecule has 2 saturated heterocycles. The standard InChI is InChI=1S/C24H28N4O2/c29-24(22-21-7-4-12-25-23(21)26-30-22)28-15-10-20(11-16-28)19-8-13-27(14-9-19)17-18-5-2-1-3-6-18/h1-7,12,19-20H,8-11,13-17H2. The van der Waals surface area contributed by atoms with Gasteiger partial charge in [-0.25, -0.2) is 4.98 Å². The first-order valence-electron chi connectivity index (χ1n) is 11.0. The lowest BCUT2D eigenvalue weighted by Gasteiger charge is -2.40. The number of benzene rings is 1. The van der Waals surface area contributed by atoms with Gasteiger partial charge in [-0.2, -0.15) is 0 Å². The fourth-order valence-corrected chi connectivity index (χ4v) is 5.08. The Labute approximate surface area is 176 Å². The first-order chi connectivity index (χ1) is 14.8. The lowest BCUT2D eigenvalue weighted by atomic mass is 9.78. The minimum atomic E-state index is -0.0540. The second-order valence-corrected chi connectivity index (χ2v) is 8.62. The number of amides is 1. The van der Waals surface area contributed by atoms with E-state index >= 15 is 0 Å². The van der Waals surface area contributed by atoms with Crippen LogP contribution in [0.3, 0.4) is 0 Å². The topological polar surface area (TPSA) is 62.5 Å². The van der Waals surface area contributed by atoms with Crippen LogP contribution in [0.5, 0.6) is 0 Å². The molecule has 2 aromatic heterocycles. The van der Waals surface area contributed by atoms with E-state index in [0.29, 0.717) is 16.8 Å². The van der Waals surface area contributed by atoms with Gasteiger partial charge in [-0.05, 0) is 68.3 Å². The minimum absolute atomic E-state index is 0.0540. The van der Waals surface area contributed by atoms with Crippen LogP contribution in [0.2, 0.25) is 0 Å². The molecule has 3 aromatic rings. The highest BCUT2D eigenvalue weighted by Gasteiger charge is 2.32. The van der Waals surface area contributed by atoms with Crippen LogP contribution in [0.25, 0.3) is 11.0 Å². The van der Waals surface area contributed by atoms with Gasteiger partial charge in [0.05, 0.1) is 5.39 Å². The maximum absolute atomic E-state index is 12.9. The monoisotopic (exact) mass is 404 g/mol. The Bertz CT molecular complexity index is 987. The third-order valence-electron chi connectivity index (χ3n) is 6.82. The second kappa shape index (κ2) is 8.56. The van der Waals surface area contributed by atoms with Gasteiger partial charge in [0.2, 0.25) is 11.4 Å². The van der Waals surface area contributed by atoms with Crippen molar-refractivity contribution in [2.45, 2.75) is 32.2 Å². The fourth-order valence-electron chi connectivity index (χ4n) is 5.08. The van der Waals surface area contributed by atoms with E-state index in [9.17, 15) is 4.79 Å². The van der Waals surface area contributed by atoms with Crippen LogP contribution in [0.1, 0.15) is 41.8 Å². The molecule has 0 unspecified atom stereocenters. The largest absolute Gasteiger partial charge is 0.348 e. The first-order valence-corrected chi connectivity index (χ1v) is 11.0. The zero-order valence-electron chi connectivity index (χ0n) is 17.2. The molecule has 2 aliphatic heterocycles. The number of carbonyl (C=O) groups excluding carboxylic acids is 1. The summed E-state index contributed by atoms with van der Waals surface area (Å²) in [5.41, 5.74) is 1.90. The molecule has 6 heteroatoms. The molecule has 4 heterocycles. The van der Waals surface area contributed by atoms with Crippen molar-refractivity contribution in [2.24, 2.45) is 11.8 Å². The smallest absolute Gasteiger partial charge is 0.293 e. The Morgan fingerprint density at radius 2 is 1.63 bits per heavy atom. The highest BCUT2D eigenvalue weighted by molar-refractivity contribution is 6.02. The maximum atomic E-state index is 12.9. The zero-order valence-corrected chi connectivity index (χ0v) is 17.2. The van der Waals surface area contributed by atoms with Crippen molar-refractivity contribution in [2.75, 3.05) is 26.2 Å². The van der Waals surface area contributed by atoms with E-state index in [-0.39, 0.29) is 5.91 Å². The van der Waals surface area contributed by atoms with Gasteiger partial charge in [0.25, 0.3) is 5.91 Å². The number of aromatic nitrogens is 2. The molecule has 0 saturated carbocycles. The number of pyridine rings is 1. The third-order valence-corrected chi connectivity index (χ3v) is 6.82. The van der Waals surface area contributed by atoms with Crippen LogP contribution in [0.15, 0.2) is 53.2 Å². The number of rotatable bonds is 4. The number of likely N-dealkylation sites (tertiary alicyclic amines) is 2. The molecule has 5 rings (SSSR count). The molecule has 30 heavy (non-hydrogen) atoms. The lowest BCUT2D eigenvalue weighted by Crippen LogP contribution is -2.42. The third kappa shape index (κ3) is 3.97. The van der Waals surface area contributed by atoms with Crippen molar-refractivity contribution in [3.63, 3.8) is 0 Å². The Morgan fingerprint density at radius 1 is 0.933 bits per heavy atom. The summed E-state index contributed by atoms with van der Waals surface area (Å²) < 4.78 is 5.32. The van der Waals surface area contributed by atoms with E-state index in [0.717, 1.165) is 44.3 Å². The van der Waals surface area contributed by atoms with Crippen molar-refractivity contribution in [1.29, 1.82) is 0 Å². The summed E-state index contributed by atoms with van der Waals surface area (Å²) >= 11 is 0. The fraction of sp³-hybridized carbons (Fsp3) is 0.458. The van der Waals surface area contributed by atoms with Crippen molar-refractivity contribution in [1.82, 2.24) is 19.9 Å². The first kappa shape index (κ1) is 19.2. The van der Waals surface area contributed by atoms with Crippen molar-refractivity contribution < 1.29 is 9.32 Å². The van der Waals surface area contributed by atoms with Gasteiger partial charge in [0.15, 0.2) is 0 Å². The molecule has 2 fully saturated rings. The maximum Gasteiger partial charge on any atom is 0.293 e. The van der Waals surface area contributed by atoms with E-state index in [1.807, 2.05) is 17.0 Å². The summed E-state index contributed by atoms with van der Waals surface area (Å²) in [5, 5.41) is 4.63. The number of piperidine rings is 2. The number of fused-ring (bicyclic) bond motifs is 1. The second-order valence-electron chi connectivity index (χ2n) is 8.62. The molecule has 0 atom stereocenters. The molecule has 0 bridgehead atoms. The highest BCUT2D eigenvalue weighted by Crippen LogP contribution is 2.33. The van der Waals surface area contributed by atoms with E-state index in [2.05, 4.69) is 45.4 Å². The van der Waals surface area contributed by atoms with Crippen LogP contribution in [-0.4, -0.2) is 52.0 Å². The van der Waals surface area contributed by atoms with E-state index < -0.39 is 0 Å². The molecular formula is C24H28N4O2. The number of hydrogen-bond donors (Lipinski definition) is 0. The van der Waals surface area contributed by atoms with Gasteiger partial charge in [-0.15, -0.1) is 0 Å². The van der Waals surface area contributed by atoms with Crippen molar-refractivity contribution in [3.05, 3.63) is 60.0 Å². The predicted molar refractivity (Wildman–Crippen MR) is 115 cm³/mol. The minimum Gasteiger partial charge on any atom is -0.348 e. The average molecular weight is 405 g/mol. The molecule has 0 N–H and O–H groups in total. The van der Waals surface area contributed by atoms with Crippen LogP contribution < -0.4 is 0 Å². The SMILES string of the molecule is O=C(c1onc2ncccc12)N1CCC(C2CCN(Cc3ccccc3)CC2)CC1. The van der Waals surface area contributed by atoms with Gasteiger partial charge in [0, 0.05) is 25.8 Å². The zero-order chi connectivity index (χ0) is 20.3. The van der Waals surface area contributed by atoms with Gasteiger partial charge in [-0.3, -0.25) is 9.69 Å². The van der Waals surface area contributed by atoms with Gasteiger partial charge >= 0.3 is 0 Å².